The van der Waals surface area contributed by atoms with Crippen molar-refractivity contribution in [2.45, 2.75) is 52.9 Å². The first-order valence-corrected chi connectivity index (χ1v) is 9.34. The summed E-state index contributed by atoms with van der Waals surface area (Å²) in [5.74, 6) is 4.43. The minimum absolute atomic E-state index is 0.338. The number of thioether (sulfide) groups is 1. The van der Waals surface area contributed by atoms with E-state index in [4.69, 9.17) is 4.98 Å². The molecule has 0 saturated heterocycles. The van der Waals surface area contributed by atoms with Crippen LogP contribution in [0.5, 0.6) is 0 Å². The van der Waals surface area contributed by atoms with Crippen LogP contribution >= 0.6 is 11.8 Å². The molecule has 5 heteroatoms. The van der Waals surface area contributed by atoms with E-state index in [-0.39, 0.29) is 0 Å². The molecule has 0 unspecified atom stereocenters. The van der Waals surface area contributed by atoms with E-state index in [9.17, 15) is 0 Å². The Morgan fingerprint density at radius 1 is 1.05 bits per heavy atom. The van der Waals surface area contributed by atoms with Gasteiger partial charge in [-0.05, 0) is 38.2 Å². The van der Waals surface area contributed by atoms with Gasteiger partial charge in [-0.1, -0.05) is 20.8 Å². The lowest BCUT2D eigenvalue weighted by Gasteiger charge is -2.16. The predicted octanol–water partition coefficient (Wildman–Crippen LogP) is 4.29. The van der Waals surface area contributed by atoms with Crippen molar-refractivity contribution in [3.63, 3.8) is 0 Å². The van der Waals surface area contributed by atoms with Crippen molar-refractivity contribution in [3.05, 3.63) is 11.4 Å². The molecule has 0 fully saturated rings. The highest BCUT2D eigenvalue weighted by Gasteiger charge is 2.12. The van der Waals surface area contributed by atoms with Crippen LogP contribution in [0, 0.1) is 6.92 Å². The van der Waals surface area contributed by atoms with Gasteiger partial charge in [0.15, 0.2) is 0 Å². The number of nitrogens with one attached hydrogen (secondary N) is 2. The maximum Gasteiger partial charge on any atom is 0.135 e. The van der Waals surface area contributed by atoms with Gasteiger partial charge >= 0.3 is 0 Å². The Labute approximate surface area is 133 Å². The zero-order chi connectivity index (χ0) is 15.7. The maximum absolute atomic E-state index is 4.69. The Kier molecular flexibility index (Phi) is 8.50. The van der Waals surface area contributed by atoms with Gasteiger partial charge in [0.1, 0.15) is 17.5 Å². The maximum atomic E-state index is 4.69. The Balaban J connectivity index is 2.77. The number of unbranched alkanes of at least 4 members (excludes halogenated alkanes) is 1. The van der Waals surface area contributed by atoms with Gasteiger partial charge in [0.25, 0.3) is 0 Å². The standard InChI is InChI=1S/C16H30N4S/c1-6-9-17-15-13(4)16(18-10-7-8-11-21-5)20-14(19-15)12(2)3/h12H,6-11H2,1-5H3,(H2,17,18,19,20). The molecule has 0 spiro atoms. The van der Waals surface area contributed by atoms with Gasteiger partial charge in [0, 0.05) is 24.6 Å². The summed E-state index contributed by atoms with van der Waals surface area (Å²) >= 11 is 1.91. The minimum Gasteiger partial charge on any atom is -0.370 e. The Hall–Kier alpha value is -0.970. The highest BCUT2D eigenvalue weighted by Crippen LogP contribution is 2.23. The molecule has 0 saturated carbocycles. The SMILES string of the molecule is CCCNc1nc(C(C)C)nc(NCCCCSC)c1C. The number of anilines is 2. The number of hydrogen-bond donors (Lipinski definition) is 2. The molecule has 0 aliphatic carbocycles. The average Bonchev–Trinajstić information content (AvgIpc) is 2.47. The van der Waals surface area contributed by atoms with Crippen molar-refractivity contribution in [1.29, 1.82) is 0 Å². The fourth-order valence-corrected chi connectivity index (χ4v) is 2.45. The van der Waals surface area contributed by atoms with E-state index in [1.807, 2.05) is 11.8 Å². The lowest BCUT2D eigenvalue weighted by molar-refractivity contribution is 0.767. The van der Waals surface area contributed by atoms with Crippen LogP contribution in [0.4, 0.5) is 11.6 Å². The lowest BCUT2D eigenvalue weighted by Crippen LogP contribution is -2.13. The molecule has 0 aliphatic rings. The van der Waals surface area contributed by atoms with Gasteiger partial charge in [-0.2, -0.15) is 11.8 Å². The van der Waals surface area contributed by atoms with E-state index in [0.29, 0.717) is 5.92 Å². The molecule has 0 radical (unpaired) electrons. The second kappa shape index (κ2) is 9.87. The summed E-state index contributed by atoms with van der Waals surface area (Å²) in [6.07, 6.45) is 5.68. The van der Waals surface area contributed by atoms with Gasteiger partial charge in [0.2, 0.25) is 0 Å². The average molecular weight is 311 g/mol. The Morgan fingerprint density at radius 3 is 2.19 bits per heavy atom. The highest BCUT2D eigenvalue weighted by molar-refractivity contribution is 7.98. The van der Waals surface area contributed by atoms with E-state index in [1.165, 1.54) is 18.6 Å². The molecule has 4 nitrogen and oxygen atoms in total. The molecule has 0 atom stereocenters. The van der Waals surface area contributed by atoms with Crippen LogP contribution in [0.1, 0.15) is 57.3 Å². The summed E-state index contributed by atoms with van der Waals surface area (Å²) in [6.45, 7) is 10.4. The predicted molar refractivity (Wildman–Crippen MR) is 95.7 cm³/mol. The van der Waals surface area contributed by atoms with Crippen molar-refractivity contribution in [1.82, 2.24) is 9.97 Å². The van der Waals surface area contributed by atoms with Crippen molar-refractivity contribution >= 4 is 23.4 Å². The van der Waals surface area contributed by atoms with Gasteiger partial charge < -0.3 is 10.6 Å². The third kappa shape index (κ3) is 6.12. The Bertz CT molecular complexity index is 421. The van der Waals surface area contributed by atoms with E-state index >= 15 is 0 Å². The Morgan fingerprint density at radius 2 is 1.67 bits per heavy atom. The molecule has 0 aromatic carbocycles. The third-order valence-corrected chi connectivity index (χ3v) is 3.99. The minimum atomic E-state index is 0.338. The molecule has 120 valence electrons. The first-order valence-electron chi connectivity index (χ1n) is 7.95. The monoisotopic (exact) mass is 310 g/mol. The number of hydrogen-bond acceptors (Lipinski definition) is 5. The van der Waals surface area contributed by atoms with Crippen LogP contribution in [0.2, 0.25) is 0 Å². The summed E-state index contributed by atoms with van der Waals surface area (Å²) in [5.41, 5.74) is 1.12. The van der Waals surface area contributed by atoms with Crippen molar-refractivity contribution in [2.75, 3.05) is 35.7 Å². The second-order valence-electron chi connectivity index (χ2n) is 5.61. The molecule has 0 bridgehead atoms. The van der Waals surface area contributed by atoms with Crippen LogP contribution in [0.15, 0.2) is 0 Å². The van der Waals surface area contributed by atoms with Crippen molar-refractivity contribution in [2.24, 2.45) is 0 Å². The first kappa shape index (κ1) is 18.1. The van der Waals surface area contributed by atoms with Crippen molar-refractivity contribution in [3.8, 4) is 0 Å². The second-order valence-corrected chi connectivity index (χ2v) is 6.60. The van der Waals surface area contributed by atoms with Crippen LogP contribution in [0.25, 0.3) is 0 Å². The van der Waals surface area contributed by atoms with Crippen molar-refractivity contribution < 1.29 is 0 Å². The topological polar surface area (TPSA) is 49.8 Å². The molecule has 1 heterocycles. The molecule has 2 N–H and O–H groups in total. The summed E-state index contributed by atoms with van der Waals surface area (Å²) < 4.78 is 0. The van der Waals surface area contributed by atoms with E-state index in [2.05, 4.69) is 49.6 Å². The fourth-order valence-electron chi connectivity index (χ4n) is 1.96. The number of rotatable bonds is 10. The molecule has 0 aliphatic heterocycles. The summed E-state index contributed by atoms with van der Waals surface area (Å²) in [7, 11) is 0. The molecule has 1 aromatic heterocycles. The molecular weight excluding hydrogens is 280 g/mol. The first-order chi connectivity index (χ1) is 10.1. The van der Waals surface area contributed by atoms with E-state index in [1.54, 1.807) is 0 Å². The van der Waals surface area contributed by atoms with Crippen LogP contribution < -0.4 is 10.6 Å². The normalized spacial score (nSPS) is 11.0. The molecule has 1 rings (SSSR count). The van der Waals surface area contributed by atoms with Crippen LogP contribution in [-0.2, 0) is 0 Å². The largest absolute Gasteiger partial charge is 0.370 e. The van der Waals surface area contributed by atoms with E-state index < -0.39 is 0 Å². The molecule has 21 heavy (non-hydrogen) atoms. The zero-order valence-electron chi connectivity index (χ0n) is 14.1. The summed E-state index contributed by atoms with van der Waals surface area (Å²) in [6, 6.07) is 0. The summed E-state index contributed by atoms with van der Waals surface area (Å²) in [4.78, 5) is 9.35. The van der Waals surface area contributed by atoms with E-state index in [0.717, 1.165) is 42.5 Å². The molecule has 1 aromatic rings. The van der Waals surface area contributed by atoms with Gasteiger partial charge in [-0.25, -0.2) is 9.97 Å². The van der Waals surface area contributed by atoms with Gasteiger partial charge in [-0.15, -0.1) is 0 Å². The van der Waals surface area contributed by atoms with Crippen LogP contribution in [-0.4, -0.2) is 35.1 Å². The smallest absolute Gasteiger partial charge is 0.135 e. The highest BCUT2D eigenvalue weighted by atomic mass is 32.2. The molecular formula is C16H30N4S. The zero-order valence-corrected chi connectivity index (χ0v) is 14.9. The lowest BCUT2D eigenvalue weighted by atomic mass is 10.2. The number of aromatic nitrogens is 2. The number of nitrogens with zero attached hydrogens (tertiary/aromatic N) is 2. The van der Waals surface area contributed by atoms with Gasteiger partial charge in [-0.3, -0.25) is 0 Å². The quantitative estimate of drug-likeness (QED) is 0.632. The fraction of sp³-hybridized carbons (Fsp3) is 0.750. The molecule has 0 amide bonds. The van der Waals surface area contributed by atoms with Gasteiger partial charge in [0.05, 0.1) is 0 Å². The van der Waals surface area contributed by atoms with Crippen LogP contribution in [0.3, 0.4) is 0 Å². The summed E-state index contributed by atoms with van der Waals surface area (Å²) in [5, 5.41) is 6.90. The third-order valence-electron chi connectivity index (χ3n) is 3.29.